The fourth-order valence-electron chi connectivity index (χ4n) is 3.60. The summed E-state index contributed by atoms with van der Waals surface area (Å²) in [6.45, 7) is 13.7. The van der Waals surface area contributed by atoms with Gasteiger partial charge in [0.25, 0.3) is 0 Å². The fraction of sp³-hybridized carbons (Fsp3) is 0.808. The summed E-state index contributed by atoms with van der Waals surface area (Å²) in [7, 11) is -4.10. The topological polar surface area (TPSA) is 176 Å². The van der Waals surface area contributed by atoms with Crippen LogP contribution in [-0.2, 0) is 54.4 Å². The third-order valence-corrected chi connectivity index (χ3v) is 8.38. The van der Waals surface area contributed by atoms with Crippen LogP contribution in [0.25, 0.3) is 0 Å². The van der Waals surface area contributed by atoms with Crippen LogP contribution in [0.5, 0.6) is 0 Å². The van der Waals surface area contributed by atoms with E-state index in [2.05, 4.69) is 15.2 Å². The Balaban J connectivity index is 2.18. The zero-order valence-corrected chi connectivity index (χ0v) is 25.9. The molecule has 1 aliphatic rings. The minimum atomic E-state index is -4.10. The second-order valence-corrected chi connectivity index (χ2v) is 15.4. The second-order valence-electron chi connectivity index (χ2n) is 13.1. The molecule has 1 aliphatic carbocycles. The van der Waals surface area contributed by atoms with Gasteiger partial charge in [0.1, 0.15) is 5.60 Å². The summed E-state index contributed by atoms with van der Waals surface area (Å²) in [5.41, 5.74) is -4.77. The summed E-state index contributed by atoms with van der Waals surface area (Å²) in [6, 6.07) is 0. The van der Waals surface area contributed by atoms with E-state index in [1.807, 2.05) is 0 Å². The van der Waals surface area contributed by atoms with Crippen molar-refractivity contribution in [2.45, 2.75) is 106 Å². The van der Waals surface area contributed by atoms with Crippen LogP contribution in [0.4, 0.5) is 0 Å². The van der Waals surface area contributed by atoms with E-state index in [0.29, 0.717) is 12.8 Å². The number of H-pyrrole nitrogens is 1. The van der Waals surface area contributed by atoms with Crippen LogP contribution in [0.15, 0.2) is 0 Å². The SMILES string of the molecule is CC(C)(C)C(=O)OCOP(=O)(OCOC(=O)C(C)(C)C)[C@@H]1CCC[C@@](O)(c2n[nH]c(COC(=O)C(C)(C)C)n2)C1. The predicted octanol–water partition coefficient (Wildman–Crippen LogP) is 4.34. The van der Waals surface area contributed by atoms with Gasteiger partial charge in [0.05, 0.1) is 21.9 Å². The van der Waals surface area contributed by atoms with Crippen LogP contribution in [0.3, 0.4) is 0 Å². The van der Waals surface area contributed by atoms with Crippen LogP contribution in [0, 0.1) is 16.2 Å². The van der Waals surface area contributed by atoms with Gasteiger partial charge in [-0.25, -0.2) is 4.98 Å². The lowest BCUT2D eigenvalue weighted by atomic mass is 9.84. The molecule has 2 rings (SSSR count). The molecule has 0 aliphatic heterocycles. The third kappa shape index (κ3) is 9.36. The average molecular weight is 590 g/mol. The first-order valence-corrected chi connectivity index (χ1v) is 14.8. The third-order valence-electron chi connectivity index (χ3n) is 6.12. The number of carbonyl (C=O) groups is 3. The van der Waals surface area contributed by atoms with Gasteiger partial charge in [0.2, 0.25) is 13.6 Å². The van der Waals surface area contributed by atoms with Gasteiger partial charge in [-0.1, -0.05) is 0 Å². The van der Waals surface area contributed by atoms with Crippen molar-refractivity contribution < 1.29 is 47.3 Å². The molecule has 228 valence electrons. The molecule has 0 spiro atoms. The average Bonchev–Trinajstić information content (AvgIpc) is 3.30. The van der Waals surface area contributed by atoms with Gasteiger partial charge in [0, 0.05) is 0 Å². The Kier molecular flexibility index (Phi) is 10.7. The Morgan fingerprint density at radius 1 is 0.900 bits per heavy atom. The molecule has 1 fully saturated rings. The van der Waals surface area contributed by atoms with Gasteiger partial charge in [0.15, 0.2) is 18.3 Å². The number of hydrogen-bond acceptors (Lipinski definition) is 12. The van der Waals surface area contributed by atoms with E-state index in [-0.39, 0.29) is 31.1 Å². The fourth-order valence-corrected chi connectivity index (χ4v) is 5.52. The molecule has 1 aromatic heterocycles. The lowest BCUT2D eigenvalue weighted by molar-refractivity contribution is -0.162. The van der Waals surface area contributed by atoms with E-state index in [4.69, 9.17) is 23.3 Å². The maximum Gasteiger partial charge on any atom is 0.339 e. The maximum atomic E-state index is 14.0. The number of rotatable bonds is 10. The van der Waals surface area contributed by atoms with Crippen molar-refractivity contribution in [3.63, 3.8) is 0 Å². The Hall–Kier alpha value is -2.34. The first kappa shape index (κ1) is 33.9. The predicted molar refractivity (Wildman–Crippen MR) is 142 cm³/mol. The standard InChI is InChI=1S/C26H44N3O10P/c1-23(2,3)20(30)35-14-18-27-19(29-28-18)26(33)12-10-11-17(13-26)40(34,38-15-36-21(31)24(4,5)6)39-16-37-22(32)25(7,8)9/h17,33H,10-16H2,1-9H3,(H,27,28,29)/t17-,26+/m1/s1. The molecule has 1 heterocycles. The molecule has 0 unspecified atom stereocenters. The zero-order valence-electron chi connectivity index (χ0n) is 25.0. The van der Waals surface area contributed by atoms with Gasteiger partial charge < -0.3 is 19.3 Å². The van der Waals surface area contributed by atoms with Crippen molar-refractivity contribution in [1.29, 1.82) is 0 Å². The molecule has 0 amide bonds. The minimum Gasteiger partial charge on any atom is -0.457 e. The van der Waals surface area contributed by atoms with E-state index >= 15 is 0 Å². The Morgan fingerprint density at radius 3 is 1.85 bits per heavy atom. The molecule has 14 heteroatoms. The molecule has 2 N–H and O–H groups in total. The molecule has 1 aromatic rings. The van der Waals surface area contributed by atoms with E-state index in [1.165, 1.54) is 0 Å². The number of nitrogens with zero attached hydrogens (tertiary/aromatic N) is 2. The van der Waals surface area contributed by atoms with Crippen molar-refractivity contribution in [2.24, 2.45) is 16.2 Å². The first-order chi connectivity index (χ1) is 18.2. The smallest absolute Gasteiger partial charge is 0.339 e. The molecule has 2 atom stereocenters. The Labute approximate surface area is 235 Å². The van der Waals surface area contributed by atoms with Crippen molar-refractivity contribution >= 4 is 25.5 Å². The Bertz CT molecular complexity index is 1060. The molecule has 0 aromatic carbocycles. The van der Waals surface area contributed by atoms with E-state index < -0.39 is 66.6 Å². The number of ether oxygens (including phenoxy) is 3. The van der Waals surface area contributed by atoms with E-state index in [1.54, 1.807) is 62.3 Å². The summed E-state index contributed by atoms with van der Waals surface area (Å²) >= 11 is 0. The van der Waals surface area contributed by atoms with Gasteiger partial charge >= 0.3 is 25.5 Å². The molecule has 0 saturated heterocycles. The number of aromatic amines is 1. The lowest BCUT2D eigenvalue weighted by Crippen LogP contribution is -2.37. The summed E-state index contributed by atoms with van der Waals surface area (Å²) in [6.07, 6.45) is 0.926. The minimum absolute atomic E-state index is 0.0453. The van der Waals surface area contributed by atoms with Crippen LogP contribution in [-0.4, -0.2) is 57.4 Å². The zero-order chi connectivity index (χ0) is 30.6. The molecule has 13 nitrogen and oxygen atoms in total. The highest BCUT2D eigenvalue weighted by Crippen LogP contribution is 2.59. The van der Waals surface area contributed by atoms with Crippen LogP contribution in [0.2, 0.25) is 0 Å². The number of hydrogen-bond donors (Lipinski definition) is 2. The molecule has 0 radical (unpaired) electrons. The number of aromatic nitrogens is 3. The van der Waals surface area contributed by atoms with E-state index in [0.717, 1.165) is 0 Å². The van der Waals surface area contributed by atoms with Crippen molar-refractivity contribution in [2.75, 3.05) is 13.6 Å². The summed E-state index contributed by atoms with van der Waals surface area (Å²) in [5.74, 6) is -1.28. The molecular weight excluding hydrogens is 545 g/mol. The van der Waals surface area contributed by atoms with E-state index in [9.17, 15) is 24.1 Å². The number of carbonyl (C=O) groups excluding carboxylic acids is 3. The number of aliphatic hydroxyl groups is 1. The number of esters is 3. The summed E-state index contributed by atoms with van der Waals surface area (Å²) in [4.78, 5) is 40.7. The lowest BCUT2D eigenvalue weighted by Gasteiger charge is -2.37. The molecule has 0 bridgehead atoms. The van der Waals surface area contributed by atoms with Crippen molar-refractivity contribution in [1.82, 2.24) is 15.2 Å². The highest BCUT2D eigenvalue weighted by Gasteiger charge is 2.48. The maximum absolute atomic E-state index is 14.0. The monoisotopic (exact) mass is 589 g/mol. The van der Waals surface area contributed by atoms with Gasteiger partial charge in [-0.15, -0.1) is 0 Å². The quantitative estimate of drug-likeness (QED) is 0.171. The van der Waals surface area contributed by atoms with Crippen molar-refractivity contribution in [3.8, 4) is 0 Å². The largest absolute Gasteiger partial charge is 0.457 e. The van der Waals surface area contributed by atoms with Crippen LogP contribution >= 0.6 is 7.60 Å². The highest BCUT2D eigenvalue weighted by molar-refractivity contribution is 7.54. The summed E-state index contributed by atoms with van der Waals surface area (Å²) < 4.78 is 40.5. The van der Waals surface area contributed by atoms with Gasteiger partial charge in [-0.05, 0) is 88.0 Å². The van der Waals surface area contributed by atoms with Crippen LogP contribution < -0.4 is 0 Å². The molecule has 1 saturated carbocycles. The van der Waals surface area contributed by atoms with Crippen molar-refractivity contribution in [3.05, 3.63) is 11.6 Å². The molecule has 40 heavy (non-hydrogen) atoms. The second kappa shape index (κ2) is 12.7. The molecular formula is C26H44N3O10P. The Morgan fingerprint density at radius 2 is 1.38 bits per heavy atom. The van der Waals surface area contributed by atoms with Gasteiger partial charge in [-0.2, -0.15) is 5.10 Å². The van der Waals surface area contributed by atoms with Crippen LogP contribution in [0.1, 0.15) is 99.6 Å². The highest BCUT2D eigenvalue weighted by atomic mass is 31.2. The number of nitrogens with one attached hydrogen (secondary N) is 1. The summed E-state index contributed by atoms with van der Waals surface area (Å²) in [5, 5.41) is 18.3. The normalized spacial score (nSPS) is 20.6. The van der Waals surface area contributed by atoms with Gasteiger partial charge in [-0.3, -0.25) is 33.1 Å². The first-order valence-electron chi connectivity index (χ1n) is 13.2.